The molecule has 1 atom stereocenters. The standard InChI is InChI=1S/C24H26N2O5/c1-14(2)12-19(26-22(28)17-10-5-6-11-18(17)23(26)29)24(30)31-13-20(27)25-21-15(3)8-7-9-16(21)4/h5-11,14,19H,12-13H2,1-4H3,(H,25,27)/t19-/m0/s1. The highest BCUT2D eigenvalue weighted by atomic mass is 16.5. The number of hydrogen-bond acceptors (Lipinski definition) is 5. The predicted molar refractivity (Wildman–Crippen MR) is 116 cm³/mol. The molecule has 1 aliphatic heterocycles. The Bertz CT molecular complexity index is 989. The maximum atomic E-state index is 12.9. The Hall–Kier alpha value is -3.48. The first-order chi connectivity index (χ1) is 14.7. The van der Waals surface area contributed by atoms with E-state index in [1.54, 1.807) is 24.3 Å². The van der Waals surface area contributed by atoms with Crippen LogP contribution in [0.3, 0.4) is 0 Å². The normalized spacial score (nSPS) is 13.9. The average Bonchev–Trinajstić information content (AvgIpc) is 2.98. The number of carbonyl (C=O) groups is 4. The largest absolute Gasteiger partial charge is 0.454 e. The monoisotopic (exact) mass is 422 g/mol. The summed E-state index contributed by atoms with van der Waals surface area (Å²) in [6.45, 7) is 6.99. The van der Waals surface area contributed by atoms with Crippen molar-refractivity contribution < 1.29 is 23.9 Å². The minimum Gasteiger partial charge on any atom is -0.454 e. The average molecular weight is 422 g/mol. The third-order valence-corrected chi connectivity index (χ3v) is 5.19. The third kappa shape index (κ3) is 4.66. The highest BCUT2D eigenvalue weighted by Crippen LogP contribution is 2.27. The fraction of sp³-hybridized carbons (Fsp3) is 0.333. The van der Waals surface area contributed by atoms with Gasteiger partial charge in [0.05, 0.1) is 11.1 Å². The lowest BCUT2D eigenvalue weighted by Crippen LogP contribution is -2.46. The molecular weight excluding hydrogens is 396 g/mol. The number of amides is 3. The molecule has 0 bridgehead atoms. The number of nitrogens with one attached hydrogen (secondary N) is 1. The summed E-state index contributed by atoms with van der Waals surface area (Å²) in [5.74, 6) is -2.30. The number of carbonyl (C=O) groups excluding carboxylic acids is 4. The molecular formula is C24H26N2O5. The van der Waals surface area contributed by atoms with Crippen LogP contribution < -0.4 is 5.32 Å². The number of ether oxygens (including phenoxy) is 1. The quantitative estimate of drug-likeness (QED) is 0.545. The molecule has 0 spiro atoms. The molecule has 7 heteroatoms. The Morgan fingerprint density at radius 2 is 1.48 bits per heavy atom. The highest BCUT2D eigenvalue weighted by Gasteiger charge is 2.43. The number of imide groups is 1. The molecule has 7 nitrogen and oxygen atoms in total. The zero-order valence-electron chi connectivity index (χ0n) is 18.1. The molecule has 3 amide bonds. The molecule has 3 rings (SSSR count). The molecule has 0 saturated heterocycles. The van der Waals surface area contributed by atoms with Crippen molar-refractivity contribution in [2.24, 2.45) is 5.92 Å². The lowest BCUT2D eigenvalue weighted by atomic mass is 10.0. The zero-order chi connectivity index (χ0) is 22.7. The van der Waals surface area contributed by atoms with E-state index >= 15 is 0 Å². The summed E-state index contributed by atoms with van der Waals surface area (Å²) in [7, 11) is 0. The molecule has 1 heterocycles. The van der Waals surface area contributed by atoms with Gasteiger partial charge in [0.1, 0.15) is 6.04 Å². The van der Waals surface area contributed by atoms with Crippen LogP contribution >= 0.6 is 0 Å². The smallest absolute Gasteiger partial charge is 0.329 e. The van der Waals surface area contributed by atoms with E-state index < -0.39 is 36.3 Å². The van der Waals surface area contributed by atoms with Crippen molar-refractivity contribution in [3.05, 3.63) is 64.7 Å². The van der Waals surface area contributed by atoms with Crippen LogP contribution in [0, 0.1) is 19.8 Å². The molecule has 1 aliphatic rings. The Labute approximate surface area is 181 Å². The molecule has 0 radical (unpaired) electrons. The number of para-hydroxylation sites is 1. The zero-order valence-corrected chi connectivity index (χ0v) is 18.1. The van der Waals surface area contributed by atoms with E-state index in [4.69, 9.17) is 4.74 Å². The highest BCUT2D eigenvalue weighted by molar-refractivity contribution is 6.22. The van der Waals surface area contributed by atoms with Gasteiger partial charge < -0.3 is 10.1 Å². The summed E-state index contributed by atoms with van der Waals surface area (Å²) in [6, 6.07) is 11.0. The Morgan fingerprint density at radius 1 is 0.935 bits per heavy atom. The van der Waals surface area contributed by atoms with Gasteiger partial charge in [0, 0.05) is 5.69 Å². The first-order valence-corrected chi connectivity index (χ1v) is 10.2. The molecule has 1 N–H and O–H groups in total. The van der Waals surface area contributed by atoms with Crippen molar-refractivity contribution in [3.8, 4) is 0 Å². The van der Waals surface area contributed by atoms with Crippen LogP contribution in [0.25, 0.3) is 0 Å². The Morgan fingerprint density at radius 3 is 2.00 bits per heavy atom. The van der Waals surface area contributed by atoms with E-state index in [0.717, 1.165) is 16.0 Å². The number of fused-ring (bicyclic) bond motifs is 1. The molecule has 0 unspecified atom stereocenters. The van der Waals surface area contributed by atoms with Gasteiger partial charge in [0.2, 0.25) is 0 Å². The number of nitrogens with zero attached hydrogens (tertiary/aromatic N) is 1. The topological polar surface area (TPSA) is 92.8 Å². The molecule has 31 heavy (non-hydrogen) atoms. The molecule has 0 fully saturated rings. The summed E-state index contributed by atoms with van der Waals surface area (Å²) in [5.41, 5.74) is 2.98. The van der Waals surface area contributed by atoms with Crippen molar-refractivity contribution >= 4 is 29.4 Å². The summed E-state index contributed by atoms with van der Waals surface area (Å²) >= 11 is 0. The van der Waals surface area contributed by atoms with Gasteiger partial charge in [-0.25, -0.2) is 4.79 Å². The molecule has 0 aliphatic carbocycles. The SMILES string of the molecule is Cc1cccc(C)c1NC(=O)COC(=O)[C@H](CC(C)C)N1C(=O)c2ccccc2C1=O. The minimum absolute atomic E-state index is 0.0188. The van der Waals surface area contributed by atoms with Gasteiger partial charge >= 0.3 is 5.97 Å². The summed E-state index contributed by atoms with van der Waals surface area (Å²) in [4.78, 5) is 51.8. The fourth-order valence-corrected chi connectivity index (χ4v) is 3.66. The molecule has 162 valence electrons. The van der Waals surface area contributed by atoms with Gasteiger partial charge in [0.25, 0.3) is 17.7 Å². The van der Waals surface area contributed by atoms with Crippen molar-refractivity contribution in [2.75, 3.05) is 11.9 Å². The fourth-order valence-electron chi connectivity index (χ4n) is 3.66. The van der Waals surface area contributed by atoms with Gasteiger partial charge in [0.15, 0.2) is 6.61 Å². The lowest BCUT2D eigenvalue weighted by molar-refractivity contribution is -0.151. The second kappa shape index (κ2) is 9.12. The van der Waals surface area contributed by atoms with Crippen LogP contribution in [0.2, 0.25) is 0 Å². The van der Waals surface area contributed by atoms with Crippen molar-refractivity contribution in [1.82, 2.24) is 4.90 Å². The van der Waals surface area contributed by atoms with Crippen LogP contribution in [0.4, 0.5) is 5.69 Å². The second-order valence-corrected chi connectivity index (χ2v) is 8.09. The van der Waals surface area contributed by atoms with Crippen LogP contribution in [0.15, 0.2) is 42.5 Å². The van der Waals surface area contributed by atoms with Gasteiger partial charge in [-0.2, -0.15) is 0 Å². The van der Waals surface area contributed by atoms with E-state index in [0.29, 0.717) is 5.69 Å². The number of benzene rings is 2. The maximum Gasteiger partial charge on any atom is 0.329 e. The van der Waals surface area contributed by atoms with Crippen molar-refractivity contribution in [3.63, 3.8) is 0 Å². The number of rotatable bonds is 7. The van der Waals surface area contributed by atoms with E-state index in [1.165, 1.54) is 0 Å². The van der Waals surface area contributed by atoms with E-state index in [2.05, 4.69) is 5.32 Å². The van der Waals surface area contributed by atoms with Crippen LogP contribution in [0.5, 0.6) is 0 Å². The van der Waals surface area contributed by atoms with Gasteiger partial charge in [-0.3, -0.25) is 19.3 Å². The molecule has 2 aromatic rings. The second-order valence-electron chi connectivity index (χ2n) is 8.09. The van der Waals surface area contributed by atoms with Crippen molar-refractivity contribution in [1.29, 1.82) is 0 Å². The Kier molecular flexibility index (Phi) is 6.53. The Balaban J connectivity index is 1.72. The summed E-state index contributed by atoms with van der Waals surface area (Å²) in [5, 5.41) is 2.75. The van der Waals surface area contributed by atoms with E-state index in [-0.39, 0.29) is 23.5 Å². The molecule has 0 aromatic heterocycles. The van der Waals surface area contributed by atoms with Gasteiger partial charge in [-0.05, 0) is 49.4 Å². The number of aryl methyl sites for hydroxylation is 2. The minimum atomic E-state index is -1.10. The molecule has 2 aromatic carbocycles. The van der Waals surface area contributed by atoms with E-state index in [9.17, 15) is 19.2 Å². The number of hydrogen-bond donors (Lipinski definition) is 1. The van der Waals surface area contributed by atoms with Gasteiger partial charge in [-0.1, -0.05) is 44.2 Å². The van der Waals surface area contributed by atoms with Crippen LogP contribution in [-0.2, 0) is 14.3 Å². The summed E-state index contributed by atoms with van der Waals surface area (Å²) in [6.07, 6.45) is 0.239. The first-order valence-electron chi connectivity index (χ1n) is 10.2. The van der Waals surface area contributed by atoms with Crippen LogP contribution in [-0.4, -0.2) is 41.2 Å². The maximum absolute atomic E-state index is 12.9. The number of anilines is 1. The molecule has 0 saturated carbocycles. The summed E-state index contributed by atoms with van der Waals surface area (Å²) < 4.78 is 5.23. The first kappa shape index (κ1) is 22.2. The third-order valence-electron chi connectivity index (χ3n) is 5.19. The predicted octanol–water partition coefficient (Wildman–Crippen LogP) is 3.50. The lowest BCUT2D eigenvalue weighted by Gasteiger charge is -2.26. The van der Waals surface area contributed by atoms with E-state index in [1.807, 2.05) is 45.9 Å². The number of esters is 1. The van der Waals surface area contributed by atoms with Gasteiger partial charge in [-0.15, -0.1) is 0 Å². The van der Waals surface area contributed by atoms with Crippen molar-refractivity contribution in [2.45, 2.75) is 40.2 Å². The van der Waals surface area contributed by atoms with Crippen LogP contribution in [0.1, 0.15) is 52.1 Å².